The van der Waals surface area contributed by atoms with E-state index in [9.17, 15) is 13.2 Å². The van der Waals surface area contributed by atoms with Gasteiger partial charge in [0.05, 0.1) is 35.5 Å². The number of nitrogens with one attached hydrogen (secondary N) is 1. The Morgan fingerprint density at radius 3 is 2.15 bits per heavy atom. The third-order valence-corrected chi connectivity index (χ3v) is 8.34. The number of nitrogens with zero attached hydrogens (tertiary/aromatic N) is 5. The predicted octanol–water partition coefficient (Wildman–Crippen LogP) is 6.76. The summed E-state index contributed by atoms with van der Waals surface area (Å²) in [5.74, 6) is -0.758. The van der Waals surface area contributed by atoms with Crippen LogP contribution >= 0.6 is 11.3 Å². The number of aryl methyl sites for hydroxylation is 1. The van der Waals surface area contributed by atoms with E-state index in [1.165, 1.54) is 5.69 Å². The van der Waals surface area contributed by atoms with Gasteiger partial charge in [0, 0.05) is 55.4 Å². The highest BCUT2D eigenvalue weighted by molar-refractivity contribution is 7.15. The summed E-state index contributed by atoms with van der Waals surface area (Å²) in [6.45, 7) is 9.84. The molecule has 14 heteroatoms. The fraction of sp³-hybridized carbons (Fsp3) is 0.375. The van der Waals surface area contributed by atoms with Crippen LogP contribution in [0.1, 0.15) is 25.3 Å². The molecule has 3 heterocycles. The zero-order chi connectivity index (χ0) is 33.3. The van der Waals surface area contributed by atoms with E-state index in [2.05, 4.69) is 58.2 Å². The molecule has 0 unspecified atom stereocenters. The number of carboxylic acids is 1. The van der Waals surface area contributed by atoms with Gasteiger partial charge < -0.3 is 29.7 Å². The minimum atomic E-state index is -5.08. The molecule has 1 fully saturated rings. The number of carboxylic acid groups (broad SMARTS) is 1. The van der Waals surface area contributed by atoms with Crippen LogP contribution in [0.2, 0.25) is 0 Å². The monoisotopic (exact) mass is 658 g/mol. The molecular formula is C32H37F3N6O4S. The number of carbonyl (C=O) groups is 1. The van der Waals surface area contributed by atoms with Gasteiger partial charge in [-0.05, 0) is 61.9 Å². The second kappa shape index (κ2) is 15.7. The second-order valence-corrected chi connectivity index (χ2v) is 11.4. The molecule has 0 saturated carbocycles. The molecule has 0 amide bonds. The van der Waals surface area contributed by atoms with Crippen molar-refractivity contribution in [2.24, 2.45) is 0 Å². The molecule has 1 aliphatic heterocycles. The summed E-state index contributed by atoms with van der Waals surface area (Å²) in [5, 5.41) is 11.6. The maximum atomic E-state index is 10.6. The minimum absolute atomic E-state index is 0.552. The van der Waals surface area contributed by atoms with Crippen molar-refractivity contribution in [3.8, 4) is 33.3 Å². The number of benzene rings is 2. The topological polar surface area (TPSA) is 113 Å². The standard InChI is InChI=1S/C30H36N6O2S.C2HF3O2/c1-5-7-27-34-28(21-18-24(37-3)20-25(19-21)38-4)29(39-27)26-12-13-31-30(33-26)32-22-8-10-23(11-9-22)36-16-14-35(6-2)15-17-36;3-2(4,5)1(6)7/h8-13,18-20H,5-7,14-17H2,1-4H3,(H,31,32,33);(H,6,7). The maximum Gasteiger partial charge on any atom is 0.490 e. The first-order valence-corrected chi connectivity index (χ1v) is 15.6. The fourth-order valence-electron chi connectivity index (χ4n) is 4.75. The van der Waals surface area contributed by atoms with Gasteiger partial charge in [-0.3, -0.25) is 0 Å². The number of alkyl halides is 3. The third-order valence-electron chi connectivity index (χ3n) is 7.20. The third kappa shape index (κ3) is 9.07. The van der Waals surface area contributed by atoms with Crippen molar-refractivity contribution in [1.29, 1.82) is 0 Å². The van der Waals surface area contributed by atoms with Gasteiger partial charge >= 0.3 is 12.1 Å². The lowest BCUT2D eigenvalue weighted by molar-refractivity contribution is -0.192. The summed E-state index contributed by atoms with van der Waals surface area (Å²) >= 11 is 1.67. The van der Waals surface area contributed by atoms with Crippen LogP contribution in [0.25, 0.3) is 21.8 Å². The van der Waals surface area contributed by atoms with Crippen LogP contribution in [0.5, 0.6) is 11.5 Å². The van der Waals surface area contributed by atoms with Crippen LogP contribution in [0.3, 0.4) is 0 Å². The molecule has 2 aromatic carbocycles. The largest absolute Gasteiger partial charge is 0.497 e. The first kappa shape index (κ1) is 34.4. The highest BCUT2D eigenvalue weighted by atomic mass is 32.1. The Kier molecular flexibility index (Phi) is 11.8. The molecule has 10 nitrogen and oxygen atoms in total. The molecule has 0 spiro atoms. The van der Waals surface area contributed by atoms with Crippen LogP contribution in [-0.2, 0) is 11.2 Å². The van der Waals surface area contributed by atoms with Crippen molar-refractivity contribution < 1.29 is 32.5 Å². The Labute approximate surface area is 269 Å². The number of piperazine rings is 1. The summed E-state index contributed by atoms with van der Waals surface area (Å²) < 4.78 is 42.8. The summed E-state index contributed by atoms with van der Waals surface area (Å²) in [6.07, 6.45) is -1.36. The Hall–Kier alpha value is -4.43. The summed E-state index contributed by atoms with van der Waals surface area (Å²) in [5.41, 5.74) is 4.84. The van der Waals surface area contributed by atoms with E-state index in [0.717, 1.165) is 89.6 Å². The van der Waals surface area contributed by atoms with Gasteiger partial charge in [-0.1, -0.05) is 13.8 Å². The number of halogens is 3. The molecule has 46 heavy (non-hydrogen) atoms. The Bertz CT molecular complexity index is 1570. The maximum absolute atomic E-state index is 10.6. The average Bonchev–Trinajstić information content (AvgIpc) is 3.49. The molecule has 246 valence electrons. The van der Waals surface area contributed by atoms with E-state index in [1.54, 1.807) is 31.8 Å². The van der Waals surface area contributed by atoms with Gasteiger partial charge in [0.15, 0.2) is 0 Å². The van der Waals surface area contributed by atoms with Crippen molar-refractivity contribution in [3.63, 3.8) is 0 Å². The molecule has 0 bridgehead atoms. The molecule has 1 aliphatic rings. The average molecular weight is 659 g/mol. The van der Waals surface area contributed by atoms with Crippen molar-refractivity contribution in [3.05, 3.63) is 59.7 Å². The number of aromatic nitrogens is 3. The molecule has 0 aliphatic carbocycles. The van der Waals surface area contributed by atoms with E-state index < -0.39 is 12.1 Å². The van der Waals surface area contributed by atoms with Gasteiger partial charge in [-0.15, -0.1) is 11.3 Å². The first-order valence-electron chi connectivity index (χ1n) is 14.8. The van der Waals surface area contributed by atoms with Crippen LogP contribution in [0.4, 0.5) is 30.5 Å². The lowest BCUT2D eigenvalue weighted by atomic mass is 10.1. The number of ether oxygens (including phenoxy) is 2. The SMILES string of the molecule is CCCc1nc(-c2cc(OC)cc(OC)c2)c(-c2ccnc(Nc3ccc(N4CCN(CC)CC4)cc3)n2)s1.O=C(O)C(F)(F)F. The van der Waals surface area contributed by atoms with Crippen LogP contribution in [-0.4, -0.2) is 84.0 Å². The van der Waals surface area contributed by atoms with Crippen LogP contribution in [0.15, 0.2) is 54.7 Å². The zero-order valence-corrected chi connectivity index (χ0v) is 26.9. The number of anilines is 3. The highest BCUT2D eigenvalue weighted by Crippen LogP contribution is 2.39. The van der Waals surface area contributed by atoms with Gasteiger partial charge in [-0.25, -0.2) is 19.7 Å². The van der Waals surface area contributed by atoms with E-state index in [0.29, 0.717) is 5.95 Å². The first-order chi connectivity index (χ1) is 22.0. The minimum Gasteiger partial charge on any atom is -0.497 e. The van der Waals surface area contributed by atoms with Crippen molar-refractivity contribution >= 4 is 34.6 Å². The highest BCUT2D eigenvalue weighted by Gasteiger charge is 2.38. The van der Waals surface area contributed by atoms with Gasteiger partial charge in [-0.2, -0.15) is 13.2 Å². The molecule has 0 radical (unpaired) electrons. The number of hydrogen-bond donors (Lipinski definition) is 2. The van der Waals surface area contributed by atoms with Crippen molar-refractivity contribution in [2.45, 2.75) is 32.9 Å². The summed E-state index contributed by atoms with van der Waals surface area (Å²) in [6, 6.07) is 16.3. The number of rotatable bonds is 10. The van der Waals surface area contributed by atoms with Gasteiger partial charge in [0.2, 0.25) is 5.95 Å². The zero-order valence-electron chi connectivity index (χ0n) is 26.1. The van der Waals surface area contributed by atoms with Crippen LogP contribution < -0.4 is 19.7 Å². The van der Waals surface area contributed by atoms with Crippen molar-refractivity contribution in [2.75, 3.05) is 57.2 Å². The number of hydrogen-bond acceptors (Lipinski definition) is 10. The lowest BCUT2D eigenvalue weighted by Gasteiger charge is -2.35. The Morgan fingerprint density at radius 2 is 1.61 bits per heavy atom. The molecular weight excluding hydrogens is 621 g/mol. The lowest BCUT2D eigenvalue weighted by Crippen LogP contribution is -2.46. The smallest absolute Gasteiger partial charge is 0.490 e. The van der Waals surface area contributed by atoms with Gasteiger partial charge in [0.1, 0.15) is 11.5 Å². The fourth-order valence-corrected chi connectivity index (χ4v) is 5.91. The van der Waals surface area contributed by atoms with Crippen LogP contribution in [0, 0.1) is 0 Å². The van der Waals surface area contributed by atoms with E-state index in [-0.39, 0.29) is 0 Å². The predicted molar refractivity (Wildman–Crippen MR) is 173 cm³/mol. The second-order valence-electron chi connectivity index (χ2n) is 10.3. The van der Waals surface area contributed by atoms with E-state index in [1.807, 2.05) is 24.3 Å². The molecule has 1 saturated heterocycles. The Morgan fingerprint density at radius 1 is 0.978 bits per heavy atom. The normalized spacial score (nSPS) is 13.5. The molecule has 2 aromatic heterocycles. The molecule has 0 atom stereocenters. The van der Waals surface area contributed by atoms with Gasteiger partial charge in [0.25, 0.3) is 0 Å². The summed E-state index contributed by atoms with van der Waals surface area (Å²) in [4.78, 5) is 29.2. The summed E-state index contributed by atoms with van der Waals surface area (Å²) in [7, 11) is 3.31. The molecule has 5 rings (SSSR count). The molecule has 2 N–H and O–H groups in total. The van der Waals surface area contributed by atoms with E-state index in [4.69, 9.17) is 29.3 Å². The number of likely N-dealkylation sites (N-methyl/N-ethyl adjacent to an activating group) is 1. The number of thiazole rings is 1. The Balaban J connectivity index is 0.000000617. The van der Waals surface area contributed by atoms with E-state index >= 15 is 0 Å². The number of methoxy groups -OCH3 is 2. The number of aliphatic carboxylic acids is 1. The van der Waals surface area contributed by atoms with Crippen molar-refractivity contribution in [1.82, 2.24) is 19.9 Å². The molecule has 4 aromatic rings. The quantitative estimate of drug-likeness (QED) is 0.190.